The Morgan fingerprint density at radius 3 is 2.30 bits per heavy atom. The lowest BCUT2D eigenvalue weighted by Crippen LogP contribution is -2.44. The van der Waals surface area contributed by atoms with E-state index in [0.717, 1.165) is 38.0 Å². The lowest BCUT2D eigenvalue weighted by Gasteiger charge is -2.37. The highest BCUT2D eigenvalue weighted by molar-refractivity contribution is 6.30. The maximum absolute atomic E-state index is 13.6. The highest BCUT2D eigenvalue weighted by Gasteiger charge is 2.39. The number of benzene rings is 2. The number of rotatable bonds is 4. The van der Waals surface area contributed by atoms with Crippen molar-refractivity contribution in [2.45, 2.75) is 25.2 Å². The number of ether oxygens (including phenoxy) is 2. The molecule has 0 bridgehead atoms. The fraction of sp³-hybridized carbons (Fsp3) is 0.381. The SMILES string of the molecule is O=C(c1ccc(CN2CCC3(CC2)OCCO3)cc1)c1ccc(Cl)c(F)c1. The van der Waals surface area contributed by atoms with Crippen LogP contribution < -0.4 is 0 Å². The van der Waals surface area contributed by atoms with Crippen molar-refractivity contribution in [1.82, 2.24) is 4.90 Å². The van der Waals surface area contributed by atoms with Crippen LogP contribution >= 0.6 is 11.6 Å². The van der Waals surface area contributed by atoms with E-state index in [4.69, 9.17) is 21.1 Å². The molecule has 2 aromatic rings. The molecule has 142 valence electrons. The second-order valence-corrected chi connectivity index (χ2v) is 7.45. The second kappa shape index (κ2) is 7.68. The van der Waals surface area contributed by atoms with Gasteiger partial charge in [-0.1, -0.05) is 35.9 Å². The molecular formula is C21H21ClFNO3. The maximum atomic E-state index is 13.6. The van der Waals surface area contributed by atoms with E-state index in [0.29, 0.717) is 24.3 Å². The summed E-state index contributed by atoms with van der Waals surface area (Å²) in [4.78, 5) is 14.9. The number of nitrogens with zero attached hydrogens (tertiary/aromatic N) is 1. The molecule has 27 heavy (non-hydrogen) atoms. The molecule has 0 saturated carbocycles. The predicted molar refractivity (Wildman–Crippen MR) is 100 cm³/mol. The normalized spacial score (nSPS) is 19.5. The fourth-order valence-electron chi connectivity index (χ4n) is 3.66. The summed E-state index contributed by atoms with van der Waals surface area (Å²) in [6, 6.07) is 11.6. The van der Waals surface area contributed by atoms with Gasteiger partial charge in [0.15, 0.2) is 11.6 Å². The maximum Gasteiger partial charge on any atom is 0.193 e. The Labute approximate surface area is 162 Å². The number of carbonyl (C=O) groups is 1. The van der Waals surface area contributed by atoms with Crippen LogP contribution in [0.25, 0.3) is 0 Å². The number of carbonyl (C=O) groups excluding carboxylic acids is 1. The summed E-state index contributed by atoms with van der Waals surface area (Å²) in [5.41, 5.74) is 1.96. The molecule has 1 spiro atoms. The number of hydrogen-bond acceptors (Lipinski definition) is 4. The van der Waals surface area contributed by atoms with Crippen LogP contribution in [0.4, 0.5) is 4.39 Å². The quantitative estimate of drug-likeness (QED) is 0.739. The van der Waals surface area contributed by atoms with Crippen LogP contribution in [0.3, 0.4) is 0 Å². The molecule has 0 N–H and O–H groups in total. The van der Waals surface area contributed by atoms with E-state index >= 15 is 0 Å². The van der Waals surface area contributed by atoms with E-state index in [-0.39, 0.29) is 16.6 Å². The van der Waals surface area contributed by atoms with Gasteiger partial charge in [0, 0.05) is 43.6 Å². The highest BCUT2D eigenvalue weighted by Crippen LogP contribution is 2.31. The zero-order valence-electron chi connectivity index (χ0n) is 14.9. The monoisotopic (exact) mass is 389 g/mol. The summed E-state index contributed by atoms with van der Waals surface area (Å²) in [5, 5.41) is 0.0126. The van der Waals surface area contributed by atoms with Crippen molar-refractivity contribution < 1.29 is 18.7 Å². The van der Waals surface area contributed by atoms with Gasteiger partial charge >= 0.3 is 0 Å². The van der Waals surface area contributed by atoms with E-state index in [1.807, 2.05) is 12.1 Å². The van der Waals surface area contributed by atoms with Crippen LogP contribution in [0, 0.1) is 5.82 Å². The Balaban J connectivity index is 1.37. The van der Waals surface area contributed by atoms with Gasteiger partial charge in [-0.05, 0) is 23.8 Å². The standard InChI is InChI=1S/C21H21ClFNO3/c22-18-6-5-17(13-19(18)23)20(25)16-3-1-15(2-4-16)14-24-9-7-21(8-10-24)26-11-12-27-21/h1-6,13H,7-12,14H2. The average molecular weight is 390 g/mol. The summed E-state index contributed by atoms with van der Waals surface area (Å²) in [5.74, 6) is -1.16. The van der Waals surface area contributed by atoms with Gasteiger partial charge in [0.25, 0.3) is 0 Å². The Hall–Kier alpha value is -1.79. The van der Waals surface area contributed by atoms with Gasteiger partial charge in [-0.25, -0.2) is 4.39 Å². The summed E-state index contributed by atoms with van der Waals surface area (Å²) in [7, 11) is 0. The molecule has 2 saturated heterocycles. The van der Waals surface area contributed by atoms with Gasteiger partial charge in [0.2, 0.25) is 0 Å². The first-order chi connectivity index (χ1) is 13.0. The molecule has 2 aliphatic heterocycles. The number of likely N-dealkylation sites (tertiary alicyclic amines) is 1. The van der Waals surface area contributed by atoms with E-state index in [1.165, 1.54) is 12.1 Å². The first-order valence-corrected chi connectivity index (χ1v) is 9.51. The molecule has 2 fully saturated rings. The molecule has 2 heterocycles. The van der Waals surface area contributed by atoms with Crippen LogP contribution in [0.15, 0.2) is 42.5 Å². The first kappa shape index (κ1) is 18.6. The minimum absolute atomic E-state index is 0.0126. The van der Waals surface area contributed by atoms with Gasteiger partial charge < -0.3 is 9.47 Å². The Morgan fingerprint density at radius 2 is 1.67 bits per heavy atom. The van der Waals surface area contributed by atoms with Gasteiger partial charge in [0.1, 0.15) is 5.82 Å². The van der Waals surface area contributed by atoms with Crippen LogP contribution in [-0.4, -0.2) is 42.8 Å². The molecule has 4 nitrogen and oxygen atoms in total. The van der Waals surface area contributed by atoms with Crippen LogP contribution in [0.5, 0.6) is 0 Å². The van der Waals surface area contributed by atoms with E-state index in [2.05, 4.69) is 4.90 Å². The van der Waals surface area contributed by atoms with Crippen molar-refractivity contribution in [3.63, 3.8) is 0 Å². The van der Waals surface area contributed by atoms with Crippen LogP contribution in [0.2, 0.25) is 5.02 Å². The predicted octanol–water partition coefficient (Wildman–Crippen LogP) is 4.05. The third-order valence-electron chi connectivity index (χ3n) is 5.24. The van der Waals surface area contributed by atoms with Crippen molar-refractivity contribution in [3.8, 4) is 0 Å². The molecule has 0 aromatic heterocycles. The van der Waals surface area contributed by atoms with Gasteiger partial charge in [-0.15, -0.1) is 0 Å². The molecule has 0 amide bonds. The zero-order valence-corrected chi connectivity index (χ0v) is 15.7. The van der Waals surface area contributed by atoms with Gasteiger partial charge in [-0.2, -0.15) is 0 Å². The smallest absolute Gasteiger partial charge is 0.193 e. The second-order valence-electron chi connectivity index (χ2n) is 7.04. The summed E-state index contributed by atoms with van der Waals surface area (Å²) in [6.07, 6.45) is 1.76. The van der Waals surface area contributed by atoms with Crippen LogP contribution in [0.1, 0.15) is 34.3 Å². The van der Waals surface area contributed by atoms with Crippen molar-refractivity contribution in [2.75, 3.05) is 26.3 Å². The number of halogens is 2. The summed E-state index contributed by atoms with van der Waals surface area (Å²) < 4.78 is 25.1. The minimum Gasteiger partial charge on any atom is -0.347 e. The third-order valence-corrected chi connectivity index (χ3v) is 5.54. The molecule has 4 rings (SSSR count). The Kier molecular flexibility index (Phi) is 5.28. The minimum atomic E-state index is -0.586. The molecular weight excluding hydrogens is 369 g/mol. The molecule has 0 atom stereocenters. The lowest BCUT2D eigenvalue weighted by atomic mass is 10.0. The van der Waals surface area contributed by atoms with Gasteiger partial charge in [0.05, 0.1) is 18.2 Å². The van der Waals surface area contributed by atoms with Crippen LogP contribution in [-0.2, 0) is 16.0 Å². The number of hydrogen-bond donors (Lipinski definition) is 0. The van der Waals surface area contributed by atoms with Crippen molar-refractivity contribution >= 4 is 17.4 Å². The third kappa shape index (κ3) is 4.06. The summed E-state index contributed by atoms with van der Waals surface area (Å²) in [6.45, 7) is 4.04. The van der Waals surface area contributed by atoms with E-state index in [9.17, 15) is 9.18 Å². The molecule has 6 heteroatoms. The molecule has 2 aromatic carbocycles. The molecule has 2 aliphatic rings. The van der Waals surface area contributed by atoms with Crippen molar-refractivity contribution in [3.05, 3.63) is 70.0 Å². The Bertz CT molecular complexity index is 824. The number of ketones is 1. The Morgan fingerprint density at radius 1 is 1.04 bits per heavy atom. The molecule has 0 aliphatic carbocycles. The topological polar surface area (TPSA) is 38.8 Å². The van der Waals surface area contributed by atoms with Crippen molar-refractivity contribution in [1.29, 1.82) is 0 Å². The fourth-order valence-corrected chi connectivity index (χ4v) is 3.78. The van der Waals surface area contributed by atoms with Gasteiger partial charge in [-0.3, -0.25) is 9.69 Å². The van der Waals surface area contributed by atoms with Crippen molar-refractivity contribution in [2.24, 2.45) is 0 Å². The van der Waals surface area contributed by atoms with E-state index < -0.39 is 5.82 Å². The highest BCUT2D eigenvalue weighted by atomic mass is 35.5. The zero-order chi connectivity index (χ0) is 18.9. The molecule has 0 unspecified atom stereocenters. The first-order valence-electron chi connectivity index (χ1n) is 9.14. The molecule has 0 radical (unpaired) electrons. The largest absolute Gasteiger partial charge is 0.347 e. The number of piperidine rings is 1. The van der Waals surface area contributed by atoms with E-state index in [1.54, 1.807) is 18.2 Å². The average Bonchev–Trinajstić information content (AvgIpc) is 3.14. The lowest BCUT2D eigenvalue weighted by molar-refractivity contribution is -0.185. The summed E-state index contributed by atoms with van der Waals surface area (Å²) >= 11 is 5.68.